The van der Waals surface area contributed by atoms with Gasteiger partial charge in [-0.15, -0.1) is 0 Å². The Labute approximate surface area is 105 Å². The van der Waals surface area contributed by atoms with Crippen LogP contribution in [0.25, 0.3) is 0 Å². The summed E-state index contributed by atoms with van der Waals surface area (Å²) >= 11 is 1.23. The average Bonchev–Trinajstić information content (AvgIpc) is 2.34. The zero-order chi connectivity index (χ0) is 12.8. The lowest BCUT2D eigenvalue weighted by atomic mass is 10.2. The molecular weight excluding hydrogens is 240 g/mol. The Morgan fingerprint density at radius 1 is 1.12 bits per heavy atom. The van der Waals surface area contributed by atoms with E-state index in [9.17, 15) is 0 Å². The van der Waals surface area contributed by atoms with Crippen LogP contribution in [0.1, 0.15) is 5.56 Å². The predicted molar refractivity (Wildman–Crippen MR) is 69.3 cm³/mol. The van der Waals surface area contributed by atoms with Gasteiger partial charge >= 0.3 is 0 Å². The second-order valence-electron chi connectivity index (χ2n) is 3.17. The van der Waals surface area contributed by atoms with Crippen molar-refractivity contribution >= 4 is 16.9 Å². The summed E-state index contributed by atoms with van der Waals surface area (Å²) in [4.78, 5) is 0. The number of hydrogen-bond acceptors (Lipinski definition) is 5. The maximum Gasteiger partial charge on any atom is 0.164 e. The first-order valence-corrected chi connectivity index (χ1v) is 5.86. The summed E-state index contributed by atoms with van der Waals surface area (Å²) in [7, 11) is 4.73. The number of methoxy groups -OCH3 is 3. The van der Waals surface area contributed by atoms with Crippen LogP contribution in [0.15, 0.2) is 12.1 Å². The predicted octanol–water partition coefficient (Wildman–Crippen LogP) is 1.84. The molecule has 0 aromatic heterocycles. The van der Waals surface area contributed by atoms with Crippen LogP contribution in [-0.2, 0) is 5.75 Å². The van der Waals surface area contributed by atoms with Crippen LogP contribution in [0.5, 0.6) is 17.2 Å². The third kappa shape index (κ3) is 3.45. The van der Waals surface area contributed by atoms with Gasteiger partial charge in [0.25, 0.3) is 0 Å². The van der Waals surface area contributed by atoms with Gasteiger partial charge in [-0.2, -0.15) is 0 Å². The number of ether oxygens (including phenoxy) is 3. The van der Waals surface area contributed by atoms with E-state index in [0.717, 1.165) is 5.56 Å². The summed E-state index contributed by atoms with van der Waals surface area (Å²) in [5.41, 5.74) is 6.22. The number of benzene rings is 1. The number of nitrogens with two attached hydrogens (primary N) is 1. The minimum Gasteiger partial charge on any atom is -0.496 e. The lowest BCUT2D eigenvalue weighted by Crippen LogP contribution is -2.04. The fraction of sp³-hybridized carbons (Fsp3) is 0.364. The van der Waals surface area contributed by atoms with Crippen molar-refractivity contribution < 1.29 is 14.2 Å². The average molecular weight is 256 g/mol. The van der Waals surface area contributed by atoms with Crippen molar-refractivity contribution in [2.75, 3.05) is 21.3 Å². The number of rotatable bonds is 5. The van der Waals surface area contributed by atoms with Crippen LogP contribution < -0.4 is 19.9 Å². The van der Waals surface area contributed by atoms with Gasteiger partial charge in [0.2, 0.25) is 0 Å². The number of hydrogen-bond donors (Lipinski definition) is 2. The van der Waals surface area contributed by atoms with Crippen LogP contribution in [0.2, 0.25) is 0 Å². The molecule has 0 amide bonds. The molecule has 0 saturated carbocycles. The van der Waals surface area contributed by atoms with Gasteiger partial charge in [0, 0.05) is 17.4 Å². The first kappa shape index (κ1) is 13.5. The monoisotopic (exact) mass is 256 g/mol. The lowest BCUT2D eigenvalue weighted by Gasteiger charge is -2.13. The Balaban J connectivity index is 3.05. The van der Waals surface area contributed by atoms with Crippen molar-refractivity contribution in [3.8, 4) is 17.2 Å². The van der Waals surface area contributed by atoms with Crippen molar-refractivity contribution in [3.63, 3.8) is 0 Å². The Kier molecular flexibility index (Phi) is 4.96. The van der Waals surface area contributed by atoms with E-state index in [1.165, 1.54) is 11.8 Å². The zero-order valence-corrected chi connectivity index (χ0v) is 10.9. The molecule has 94 valence electrons. The summed E-state index contributed by atoms with van der Waals surface area (Å²) < 4.78 is 15.6. The van der Waals surface area contributed by atoms with E-state index in [4.69, 9.17) is 25.4 Å². The molecule has 0 spiro atoms. The molecule has 0 aliphatic rings. The van der Waals surface area contributed by atoms with Gasteiger partial charge in [-0.1, -0.05) is 11.8 Å². The highest BCUT2D eigenvalue weighted by molar-refractivity contribution is 8.13. The first-order valence-electron chi connectivity index (χ1n) is 4.88. The molecule has 0 bridgehead atoms. The van der Waals surface area contributed by atoms with Crippen molar-refractivity contribution in [1.82, 2.24) is 0 Å². The van der Waals surface area contributed by atoms with Crippen LogP contribution >= 0.6 is 11.8 Å². The molecule has 1 rings (SSSR count). The van der Waals surface area contributed by atoms with Gasteiger partial charge in [-0.05, 0) is 6.07 Å². The molecule has 6 heteroatoms. The molecule has 0 radical (unpaired) electrons. The summed E-state index contributed by atoms with van der Waals surface area (Å²) in [6.07, 6.45) is 0. The van der Waals surface area contributed by atoms with E-state index in [0.29, 0.717) is 23.0 Å². The van der Waals surface area contributed by atoms with Crippen LogP contribution in [0.4, 0.5) is 0 Å². The van der Waals surface area contributed by atoms with Gasteiger partial charge in [0.15, 0.2) is 16.7 Å². The molecule has 5 nitrogen and oxygen atoms in total. The maximum atomic E-state index is 7.19. The Hall–Kier alpha value is -1.56. The second-order valence-corrected chi connectivity index (χ2v) is 4.19. The number of amidine groups is 1. The Morgan fingerprint density at radius 2 is 1.65 bits per heavy atom. The molecule has 0 aliphatic carbocycles. The smallest absolute Gasteiger partial charge is 0.164 e. The molecular formula is C11H16N2O3S. The molecule has 0 atom stereocenters. The third-order valence-corrected chi connectivity index (χ3v) is 2.94. The highest BCUT2D eigenvalue weighted by atomic mass is 32.2. The third-order valence-electron chi connectivity index (χ3n) is 2.17. The normalized spacial score (nSPS) is 9.82. The van der Waals surface area contributed by atoms with Crippen molar-refractivity contribution in [1.29, 1.82) is 5.41 Å². The van der Waals surface area contributed by atoms with Crippen LogP contribution in [0, 0.1) is 5.41 Å². The van der Waals surface area contributed by atoms with E-state index in [1.54, 1.807) is 27.4 Å². The fourth-order valence-corrected chi connectivity index (χ4v) is 1.90. The molecule has 3 N–H and O–H groups in total. The van der Waals surface area contributed by atoms with Gasteiger partial charge in [-0.25, -0.2) is 0 Å². The molecule has 0 unspecified atom stereocenters. The van der Waals surface area contributed by atoms with E-state index in [-0.39, 0.29) is 5.17 Å². The highest BCUT2D eigenvalue weighted by Gasteiger charge is 2.12. The Bertz CT molecular complexity index is 410. The summed E-state index contributed by atoms with van der Waals surface area (Å²) in [5.74, 6) is 2.49. The Morgan fingerprint density at radius 3 is 2.12 bits per heavy atom. The molecule has 0 fully saturated rings. The van der Waals surface area contributed by atoms with Gasteiger partial charge in [-0.3, -0.25) is 5.41 Å². The molecule has 1 aromatic rings. The van der Waals surface area contributed by atoms with Crippen molar-refractivity contribution in [2.45, 2.75) is 5.75 Å². The molecule has 0 aliphatic heterocycles. The largest absolute Gasteiger partial charge is 0.496 e. The topological polar surface area (TPSA) is 77.6 Å². The van der Waals surface area contributed by atoms with Crippen LogP contribution in [0.3, 0.4) is 0 Å². The zero-order valence-electron chi connectivity index (χ0n) is 10.1. The SMILES string of the molecule is COc1cc(OC)c(OC)cc1CSC(=N)N. The first-order chi connectivity index (χ1) is 8.12. The van der Waals surface area contributed by atoms with Crippen molar-refractivity contribution in [3.05, 3.63) is 17.7 Å². The summed E-state index contributed by atoms with van der Waals surface area (Å²) in [6, 6.07) is 3.59. The highest BCUT2D eigenvalue weighted by Crippen LogP contribution is 2.36. The minimum absolute atomic E-state index is 0.0711. The molecule has 0 heterocycles. The van der Waals surface area contributed by atoms with Crippen molar-refractivity contribution in [2.24, 2.45) is 5.73 Å². The summed E-state index contributed by atoms with van der Waals surface area (Å²) in [5, 5.41) is 7.26. The van der Waals surface area contributed by atoms with Crippen LogP contribution in [-0.4, -0.2) is 26.5 Å². The number of nitrogens with one attached hydrogen (secondary N) is 1. The standard InChI is InChI=1S/C11H16N2O3S/c1-14-8-5-10(16-3)9(15-2)4-7(8)6-17-11(12)13/h4-5H,6H2,1-3H3,(H3,12,13). The van der Waals surface area contributed by atoms with E-state index in [1.807, 2.05) is 6.07 Å². The fourth-order valence-electron chi connectivity index (χ4n) is 1.36. The van der Waals surface area contributed by atoms with Gasteiger partial charge in [0.1, 0.15) is 5.75 Å². The summed E-state index contributed by atoms with van der Waals surface area (Å²) in [6.45, 7) is 0. The van der Waals surface area contributed by atoms with E-state index in [2.05, 4.69) is 0 Å². The quantitative estimate of drug-likeness (QED) is 0.621. The molecule has 17 heavy (non-hydrogen) atoms. The van der Waals surface area contributed by atoms with Gasteiger partial charge in [0.05, 0.1) is 21.3 Å². The maximum absolute atomic E-state index is 7.19. The van der Waals surface area contributed by atoms with E-state index >= 15 is 0 Å². The lowest BCUT2D eigenvalue weighted by molar-refractivity contribution is 0.348. The van der Waals surface area contributed by atoms with Gasteiger partial charge < -0.3 is 19.9 Å². The second kappa shape index (κ2) is 6.24. The number of thioether (sulfide) groups is 1. The molecule has 1 aromatic carbocycles. The minimum atomic E-state index is 0.0711. The van der Waals surface area contributed by atoms with E-state index < -0.39 is 0 Å². The molecule has 0 saturated heterocycles.